The monoisotopic (exact) mass is 559 g/mol. The van der Waals surface area contributed by atoms with Crippen molar-refractivity contribution in [2.24, 2.45) is 0 Å². The van der Waals surface area contributed by atoms with E-state index in [0.29, 0.717) is 12.2 Å². The second kappa shape index (κ2) is 17.7. The number of rotatable bonds is 18. The van der Waals surface area contributed by atoms with E-state index >= 15 is 0 Å². The Bertz CT molecular complexity index is 828. The molecule has 5 unspecified atom stereocenters. The van der Waals surface area contributed by atoms with E-state index in [-0.39, 0.29) is 11.7 Å². The van der Waals surface area contributed by atoms with Crippen molar-refractivity contribution in [1.82, 2.24) is 20.3 Å². The summed E-state index contributed by atoms with van der Waals surface area (Å²) in [6.07, 6.45) is 4.74. The number of unbranched alkanes of at least 4 members (excludes halogenated alkanes) is 7. The smallest absolute Gasteiger partial charge is 0.249 e. The van der Waals surface area contributed by atoms with E-state index in [1.807, 2.05) is 6.92 Å². The summed E-state index contributed by atoms with van der Waals surface area (Å²) in [6.45, 7) is 3.66. The Kier molecular flexibility index (Phi) is 15.2. The van der Waals surface area contributed by atoms with Crippen LogP contribution in [0.4, 0.5) is 5.82 Å². The molecule has 1 aromatic rings. The molecule has 1 saturated heterocycles. The van der Waals surface area contributed by atoms with E-state index in [0.717, 1.165) is 36.1 Å². The third-order valence-corrected chi connectivity index (χ3v) is 7.70. The average Bonchev–Trinajstić information content (AvgIpc) is 3.36. The molecule has 218 valence electrons. The molecule has 13 heteroatoms. The highest BCUT2D eigenvalue weighted by Gasteiger charge is 2.44. The lowest BCUT2D eigenvalue weighted by molar-refractivity contribution is -0.254. The Morgan fingerprint density at radius 1 is 1.03 bits per heavy atom. The highest BCUT2D eigenvalue weighted by Crippen LogP contribution is 2.28. The van der Waals surface area contributed by atoms with Crippen LogP contribution in [-0.2, 0) is 14.3 Å². The number of carbonyl (C=O) groups is 2. The number of thioether (sulfide) groups is 1. The van der Waals surface area contributed by atoms with Crippen molar-refractivity contribution in [2.45, 2.75) is 115 Å². The number of hydrogen-bond acceptors (Lipinski definition) is 10. The molecule has 0 saturated carbocycles. The van der Waals surface area contributed by atoms with Gasteiger partial charge in [-0.3, -0.25) is 9.59 Å². The minimum Gasteiger partial charge on any atom is -0.394 e. The maximum atomic E-state index is 13.0. The molecule has 1 aliphatic rings. The molecule has 12 nitrogen and oxygen atoms in total. The first kappa shape index (κ1) is 32.4. The lowest BCUT2D eigenvalue weighted by atomic mass is 9.98. The predicted molar refractivity (Wildman–Crippen MR) is 144 cm³/mol. The summed E-state index contributed by atoms with van der Waals surface area (Å²) in [5.41, 5.74) is 0. The van der Waals surface area contributed by atoms with Gasteiger partial charge in [-0.15, -0.1) is 5.10 Å². The molecule has 0 radical (unpaired) electrons. The third-order valence-electron chi connectivity index (χ3n) is 6.43. The quantitative estimate of drug-likeness (QED) is 0.144. The van der Waals surface area contributed by atoms with Crippen LogP contribution in [0.2, 0.25) is 0 Å². The number of amides is 2. The molecule has 0 aliphatic carbocycles. The van der Waals surface area contributed by atoms with Crippen molar-refractivity contribution >= 4 is 29.4 Å². The van der Waals surface area contributed by atoms with Gasteiger partial charge in [-0.1, -0.05) is 64.0 Å². The first-order chi connectivity index (χ1) is 18.3. The Labute approximate surface area is 228 Å². The van der Waals surface area contributed by atoms with Crippen LogP contribution in [0.25, 0.3) is 0 Å². The molecule has 6 N–H and O–H groups in total. The van der Waals surface area contributed by atoms with Crippen LogP contribution in [0.15, 0.2) is 6.20 Å². The average molecular weight is 560 g/mol. The normalized spacial score (nSPS) is 24.2. The Hall–Kier alpha value is -1.77. The zero-order chi connectivity index (χ0) is 27.9. The summed E-state index contributed by atoms with van der Waals surface area (Å²) in [4.78, 5) is 25.5. The maximum Gasteiger partial charge on any atom is 0.249 e. The molecule has 1 aliphatic heterocycles. The van der Waals surface area contributed by atoms with Crippen LogP contribution < -0.4 is 10.6 Å². The summed E-state index contributed by atoms with van der Waals surface area (Å²) >= 11 is 1.57. The second-order valence-electron chi connectivity index (χ2n) is 9.71. The summed E-state index contributed by atoms with van der Waals surface area (Å²) in [6, 6.07) is -0.759. The minimum atomic E-state index is -1.57. The number of anilines is 1. The largest absolute Gasteiger partial charge is 0.394 e. The molecule has 38 heavy (non-hydrogen) atoms. The zero-order valence-corrected chi connectivity index (χ0v) is 23.3. The van der Waals surface area contributed by atoms with Gasteiger partial charge in [0.25, 0.3) is 0 Å². The lowest BCUT2D eigenvalue weighted by Crippen LogP contribution is -2.56. The molecular formula is C25H45N5O7S. The van der Waals surface area contributed by atoms with Crippen molar-refractivity contribution in [2.75, 3.05) is 23.4 Å². The topological polar surface area (TPSA) is 179 Å². The van der Waals surface area contributed by atoms with Crippen LogP contribution in [0.1, 0.15) is 84.3 Å². The number of carbonyl (C=O) groups excluding carboxylic acids is 2. The fourth-order valence-corrected chi connectivity index (χ4v) is 5.11. The van der Waals surface area contributed by atoms with Gasteiger partial charge in [0.1, 0.15) is 30.5 Å². The predicted octanol–water partition coefficient (Wildman–Crippen LogP) is 1.35. The number of nitrogens with zero attached hydrogens (tertiary/aromatic N) is 3. The summed E-state index contributed by atoms with van der Waals surface area (Å²) in [5.74, 6) is 0.709. The van der Waals surface area contributed by atoms with Gasteiger partial charge in [0.05, 0.1) is 12.8 Å². The second-order valence-corrected chi connectivity index (χ2v) is 10.9. The number of hydrogen-bond donors (Lipinski definition) is 6. The van der Waals surface area contributed by atoms with Crippen LogP contribution in [0.3, 0.4) is 0 Å². The molecular weight excluding hydrogens is 514 g/mol. The van der Waals surface area contributed by atoms with E-state index < -0.39 is 49.2 Å². The van der Waals surface area contributed by atoms with Gasteiger partial charge in [-0.25, -0.2) is 4.68 Å². The number of aliphatic hydroxyl groups excluding tert-OH is 4. The first-order valence-corrected chi connectivity index (χ1v) is 14.9. The van der Waals surface area contributed by atoms with Crippen LogP contribution in [-0.4, -0.2) is 95.8 Å². The van der Waals surface area contributed by atoms with Crippen molar-refractivity contribution in [3.63, 3.8) is 0 Å². The van der Waals surface area contributed by atoms with Crippen molar-refractivity contribution < 1.29 is 34.8 Å². The highest BCUT2D eigenvalue weighted by atomic mass is 32.2. The van der Waals surface area contributed by atoms with Gasteiger partial charge >= 0.3 is 0 Å². The molecule has 6 atom stereocenters. The standard InChI is InChI=1S/C25H45N5O7S/c1-3-5-6-7-8-9-10-11-12-20(32)26-17(16-38-13-4-2)24(36)27-19-14-30(29-28-19)25-23(35)22(34)21(33)18(15-31)37-25/h14,17-18,21-23,25,31,33-35H,3-13,15-16H2,1-2H3,(H,26,32)(H,27,36)/t17-,18?,21?,22?,23?,25?/m1/s1. The number of ether oxygens (including phenoxy) is 1. The number of nitrogens with one attached hydrogen (secondary N) is 2. The summed E-state index contributed by atoms with van der Waals surface area (Å²) in [7, 11) is 0. The molecule has 0 aromatic carbocycles. The summed E-state index contributed by atoms with van der Waals surface area (Å²) < 4.78 is 6.55. The third kappa shape index (κ3) is 10.4. The maximum absolute atomic E-state index is 13.0. The van der Waals surface area contributed by atoms with Gasteiger partial charge in [0, 0.05) is 12.2 Å². The van der Waals surface area contributed by atoms with Gasteiger partial charge in [-0.05, 0) is 18.6 Å². The number of aliphatic hydroxyl groups is 4. The Balaban J connectivity index is 1.89. The zero-order valence-electron chi connectivity index (χ0n) is 22.5. The van der Waals surface area contributed by atoms with Crippen LogP contribution >= 0.6 is 11.8 Å². The van der Waals surface area contributed by atoms with Crippen molar-refractivity contribution in [3.05, 3.63) is 6.20 Å². The molecule has 2 heterocycles. The van der Waals surface area contributed by atoms with E-state index in [1.54, 1.807) is 11.8 Å². The molecule has 2 rings (SSSR count). The van der Waals surface area contributed by atoms with Gasteiger partial charge in [0.15, 0.2) is 12.0 Å². The highest BCUT2D eigenvalue weighted by molar-refractivity contribution is 7.99. The summed E-state index contributed by atoms with van der Waals surface area (Å²) in [5, 5.41) is 52.8. The molecule has 0 bridgehead atoms. The lowest BCUT2D eigenvalue weighted by Gasteiger charge is -2.39. The Morgan fingerprint density at radius 3 is 2.37 bits per heavy atom. The van der Waals surface area contributed by atoms with E-state index in [9.17, 15) is 30.0 Å². The fraction of sp³-hybridized carbons (Fsp3) is 0.840. The molecule has 1 fully saturated rings. The molecule has 0 spiro atoms. The van der Waals surface area contributed by atoms with E-state index in [2.05, 4.69) is 27.9 Å². The van der Waals surface area contributed by atoms with E-state index in [4.69, 9.17) is 4.74 Å². The van der Waals surface area contributed by atoms with Gasteiger partial charge in [0.2, 0.25) is 11.8 Å². The van der Waals surface area contributed by atoms with Crippen LogP contribution in [0.5, 0.6) is 0 Å². The van der Waals surface area contributed by atoms with Gasteiger partial charge in [-0.2, -0.15) is 11.8 Å². The van der Waals surface area contributed by atoms with E-state index in [1.165, 1.54) is 38.3 Å². The van der Waals surface area contributed by atoms with Gasteiger partial charge < -0.3 is 35.8 Å². The first-order valence-electron chi connectivity index (χ1n) is 13.7. The number of aromatic nitrogens is 3. The van der Waals surface area contributed by atoms with Crippen molar-refractivity contribution in [1.29, 1.82) is 0 Å². The fourth-order valence-electron chi connectivity index (χ4n) is 4.19. The Morgan fingerprint density at radius 2 is 1.71 bits per heavy atom. The SMILES string of the molecule is CCCCCCCCCCC(=O)N[C@H](CSCCC)C(=O)Nc1cn(C2OC(CO)C(O)C(O)C2O)nn1. The molecule has 1 aromatic heterocycles. The minimum absolute atomic E-state index is 0.0646. The molecule has 2 amide bonds. The van der Waals surface area contributed by atoms with Crippen molar-refractivity contribution in [3.8, 4) is 0 Å². The van der Waals surface area contributed by atoms with Crippen LogP contribution in [0, 0.1) is 0 Å².